The topological polar surface area (TPSA) is 99.9 Å². The molecule has 31 heavy (non-hydrogen) atoms. The molecule has 0 spiro atoms. The van der Waals surface area contributed by atoms with Gasteiger partial charge in [-0.15, -0.1) is 0 Å². The second kappa shape index (κ2) is 9.84. The average Bonchev–Trinajstić information content (AvgIpc) is 2.74. The van der Waals surface area contributed by atoms with Gasteiger partial charge in [-0.3, -0.25) is 4.79 Å². The first-order chi connectivity index (χ1) is 15.0. The van der Waals surface area contributed by atoms with Crippen molar-refractivity contribution in [2.45, 2.75) is 26.7 Å². The number of carbonyl (C=O) groups is 2. The van der Waals surface area contributed by atoms with Gasteiger partial charge >= 0.3 is 5.97 Å². The van der Waals surface area contributed by atoms with Gasteiger partial charge in [-0.1, -0.05) is 36.4 Å². The number of esters is 1. The van der Waals surface area contributed by atoms with Crippen molar-refractivity contribution < 1.29 is 23.8 Å². The molecule has 0 saturated heterocycles. The zero-order chi connectivity index (χ0) is 22.4. The van der Waals surface area contributed by atoms with Gasteiger partial charge in [0.15, 0.2) is 0 Å². The molecule has 1 aliphatic rings. The number of rotatable bonds is 7. The van der Waals surface area contributed by atoms with Crippen LogP contribution < -0.4 is 15.8 Å². The van der Waals surface area contributed by atoms with E-state index < -0.39 is 17.8 Å². The average molecular weight is 422 g/mol. The Morgan fingerprint density at radius 1 is 1.00 bits per heavy atom. The number of anilines is 1. The summed E-state index contributed by atoms with van der Waals surface area (Å²) in [4.78, 5) is 26.2. The first kappa shape index (κ1) is 22.0. The van der Waals surface area contributed by atoms with Crippen LogP contribution in [0.4, 0.5) is 5.69 Å². The van der Waals surface area contributed by atoms with Crippen molar-refractivity contribution in [1.29, 1.82) is 0 Å². The van der Waals surface area contributed by atoms with Crippen LogP contribution in [0.25, 0.3) is 0 Å². The number of nitrogens with one attached hydrogen (secondary N) is 1. The molecule has 0 saturated carbocycles. The Morgan fingerprint density at radius 3 is 2.35 bits per heavy atom. The van der Waals surface area contributed by atoms with Crippen LogP contribution in [-0.4, -0.2) is 25.1 Å². The van der Waals surface area contributed by atoms with E-state index in [1.54, 1.807) is 38.1 Å². The lowest BCUT2D eigenvalue weighted by atomic mass is 9.81. The smallest absolute Gasteiger partial charge is 0.340 e. The molecule has 0 radical (unpaired) electrons. The van der Waals surface area contributed by atoms with Gasteiger partial charge in [-0.25, -0.2) is 4.79 Å². The molecule has 7 heteroatoms. The molecule has 0 aromatic heterocycles. The Balaban J connectivity index is 2.14. The third-order valence-electron chi connectivity index (χ3n) is 4.79. The van der Waals surface area contributed by atoms with Gasteiger partial charge in [-0.2, -0.15) is 0 Å². The molecule has 3 rings (SSSR count). The lowest BCUT2D eigenvalue weighted by Gasteiger charge is -2.30. The van der Waals surface area contributed by atoms with E-state index in [-0.39, 0.29) is 23.6 Å². The minimum Gasteiger partial charge on any atom is -0.494 e. The van der Waals surface area contributed by atoms with Crippen molar-refractivity contribution in [1.82, 2.24) is 0 Å². The van der Waals surface area contributed by atoms with Crippen molar-refractivity contribution in [2.24, 2.45) is 5.73 Å². The van der Waals surface area contributed by atoms with Crippen LogP contribution in [0, 0.1) is 0 Å². The third-order valence-corrected chi connectivity index (χ3v) is 4.79. The highest BCUT2D eigenvalue weighted by atomic mass is 16.5. The van der Waals surface area contributed by atoms with Gasteiger partial charge in [0, 0.05) is 11.3 Å². The molecule has 2 aromatic rings. The lowest BCUT2D eigenvalue weighted by Crippen LogP contribution is -2.31. The molecule has 0 unspecified atom stereocenters. The monoisotopic (exact) mass is 422 g/mol. The van der Waals surface area contributed by atoms with Crippen LogP contribution in [0.3, 0.4) is 0 Å². The summed E-state index contributed by atoms with van der Waals surface area (Å²) in [6, 6.07) is 16.3. The molecule has 2 aromatic carbocycles. The van der Waals surface area contributed by atoms with Crippen molar-refractivity contribution in [3.05, 3.63) is 82.9 Å². The zero-order valence-corrected chi connectivity index (χ0v) is 17.8. The second-order valence-electron chi connectivity index (χ2n) is 6.79. The fraction of sp³-hybridized carbons (Fsp3) is 0.250. The molecule has 1 amide bonds. The predicted molar refractivity (Wildman–Crippen MR) is 117 cm³/mol. The van der Waals surface area contributed by atoms with Crippen LogP contribution in [-0.2, 0) is 19.1 Å². The number of para-hydroxylation sites is 2. The Bertz CT molecular complexity index is 1030. The molecular weight excluding hydrogens is 396 g/mol. The molecule has 1 aliphatic heterocycles. The molecule has 1 atom stereocenters. The predicted octanol–water partition coefficient (Wildman–Crippen LogP) is 3.85. The molecule has 7 nitrogen and oxygen atoms in total. The van der Waals surface area contributed by atoms with E-state index in [2.05, 4.69) is 5.32 Å². The number of amides is 1. The van der Waals surface area contributed by atoms with E-state index in [9.17, 15) is 9.59 Å². The standard InChI is InChI=1S/C24H26N2O5/c1-4-29-18-14-10-9-13-17(18)20-19(23(27)26-16-11-7-6-8-12-16)15(3)31-22(25)21(20)24(28)30-5-2/h6-14,20H,4-5,25H2,1-3H3,(H,26,27)/t20-/m0/s1. The zero-order valence-electron chi connectivity index (χ0n) is 17.8. The van der Waals surface area contributed by atoms with Crippen LogP contribution in [0.2, 0.25) is 0 Å². The number of hydrogen-bond acceptors (Lipinski definition) is 6. The van der Waals surface area contributed by atoms with Crippen LogP contribution in [0.15, 0.2) is 77.4 Å². The molecule has 162 valence electrons. The summed E-state index contributed by atoms with van der Waals surface area (Å²) < 4.78 is 16.6. The Kier molecular flexibility index (Phi) is 6.97. The summed E-state index contributed by atoms with van der Waals surface area (Å²) in [5, 5.41) is 2.87. The largest absolute Gasteiger partial charge is 0.494 e. The quantitative estimate of drug-likeness (QED) is 0.658. The number of benzene rings is 2. The molecular formula is C24H26N2O5. The van der Waals surface area contributed by atoms with E-state index in [0.29, 0.717) is 29.4 Å². The van der Waals surface area contributed by atoms with Crippen LogP contribution in [0.5, 0.6) is 5.75 Å². The summed E-state index contributed by atoms with van der Waals surface area (Å²) in [5.41, 5.74) is 7.68. The first-order valence-corrected chi connectivity index (χ1v) is 10.1. The van der Waals surface area contributed by atoms with Crippen molar-refractivity contribution in [2.75, 3.05) is 18.5 Å². The maximum Gasteiger partial charge on any atom is 0.340 e. The number of allylic oxidation sites excluding steroid dienone is 1. The molecule has 0 fully saturated rings. The minimum atomic E-state index is -0.820. The molecule has 0 bridgehead atoms. The highest BCUT2D eigenvalue weighted by Gasteiger charge is 2.40. The van der Waals surface area contributed by atoms with E-state index in [4.69, 9.17) is 19.9 Å². The summed E-state index contributed by atoms with van der Waals surface area (Å²) in [5.74, 6) is -1.12. The van der Waals surface area contributed by atoms with E-state index in [0.717, 1.165) is 0 Å². The van der Waals surface area contributed by atoms with Crippen LogP contribution in [0.1, 0.15) is 32.3 Å². The molecule has 1 heterocycles. The van der Waals surface area contributed by atoms with E-state index >= 15 is 0 Å². The summed E-state index contributed by atoms with van der Waals surface area (Å²) in [6.45, 7) is 5.78. The third kappa shape index (κ3) is 4.71. The Morgan fingerprint density at radius 2 is 1.68 bits per heavy atom. The van der Waals surface area contributed by atoms with E-state index in [1.165, 1.54) is 0 Å². The molecule has 3 N–H and O–H groups in total. The maximum absolute atomic E-state index is 13.4. The number of hydrogen-bond donors (Lipinski definition) is 2. The SMILES string of the molecule is CCOC(=O)C1=C(N)OC(C)=C(C(=O)Nc2ccccc2)[C@@H]1c1ccccc1OCC. The second-order valence-corrected chi connectivity index (χ2v) is 6.79. The van der Waals surface area contributed by atoms with Crippen molar-refractivity contribution >= 4 is 17.6 Å². The maximum atomic E-state index is 13.4. The van der Waals surface area contributed by atoms with Gasteiger partial charge in [0.05, 0.1) is 24.7 Å². The number of ether oxygens (including phenoxy) is 3. The highest BCUT2D eigenvalue weighted by molar-refractivity contribution is 6.08. The summed E-state index contributed by atoms with van der Waals surface area (Å²) >= 11 is 0. The van der Waals surface area contributed by atoms with Gasteiger partial charge in [0.2, 0.25) is 5.88 Å². The highest BCUT2D eigenvalue weighted by Crippen LogP contribution is 2.43. The normalized spacial score (nSPS) is 15.9. The van der Waals surface area contributed by atoms with E-state index in [1.807, 2.05) is 37.3 Å². The minimum absolute atomic E-state index is 0.0674. The van der Waals surface area contributed by atoms with Crippen LogP contribution >= 0.6 is 0 Å². The summed E-state index contributed by atoms with van der Waals surface area (Å²) in [6.07, 6.45) is 0. The Hall–Kier alpha value is -3.74. The first-order valence-electron chi connectivity index (χ1n) is 10.1. The van der Waals surface area contributed by atoms with Gasteiger partial charge in [-0.05, 0) is 39.0 Å². The summed E-state index contributed by atoms with van der Waals surface area (Å²) in [7, 11) is 0. The number of carbonyl (C=O) groups excluding carboxylic acids is 2. The lowest BCUT2D eigenvalue weighted by molar-refractivity contribution is -0.139. The van der Waals surface area contributed by atoms with Crippen molar-refractivity contribution in [3.63, 3.8) is 0 Å². The number of nitrogens with two attached hydrogens (primary N) is 1. The van der Waals surface area contributed by atoms with Gasteiger partial charge in [0.25, 0.3) is 5.91 Å². The van der Waals surface area contributed by atoms with Crippen molar-refractivity contribution in [3.8, 4) is 5.75 Å². The fourth-order valence-corrected chi connectivity index (χ4v) is 3.52. The van der Waals surface area contributed by atoms with Gasteiger partial charge in [0.1, 0.15) is 17.1 Å². The van der Waals surface area contributed by atoms with Gasteiger partial charge < -0.3 is 25.3 Å². The molecule has 0 aliphatic carbocycles. The fourth-order valence-electron chi connectivity index (χ4n) is 3.52. The Labute approximate surface area is 181 Å².